The quantitative estimate of drug-likeness (QED) is 0.00973. The molecule has 744 valence electrons. The van der Waals surface area contributed by atoms with Gasteiger partial charge in [0.05, 0.1) is 47.8 Å². The van der Waals surface area contributed by atoms with Crippen molar-refractivity contribution in [2.75, 3.05) is 92.3 Å². The second-order valence-electron chi connectivity index (χ2n) is 37.5. The monoisotopic (exact) mass is 1910 g/mol. The van der Waals surface area contributed by atoms with Gasteiger partial charge in [-0.2, -0.15) is 0 Å². The highest BCUT2D eigenvalue weighted by Crippen LogP contribution is 2.39. The van der Waals surface area contributed by atoms with Gasteiger partial charge < -0.3 is 84.7 Å². The number of methoxy groups -OCH3 is 1. The Labute approximate surface area is 792 Å². The van der Waals surface area contributed by atoms with Crippen molar-refractivity contribution in [3.63, 3.8) is 0 Å². The molecule has 10 rings (SSSR count). The highest BCUT2D eigenvalue weighted by molar-refractivity contribution is 7.95. The van der Waals surface area contributed by atoms with E-state index >= 15 is 0 Å². The number of nitrogens with one attached hydrogen (secondary N) is 7. The number of ether oxygens (including phenoxy) is 3. The number of piperidine rings is 2. The van der Waals surface area contributed by atoms with Gasteiger partial charge in [0.2, 0.25) is 35.4 Å². The number of aryl methyl sites for hydroxylation is 2. The lowest BCUT2D eigenvalue weighted by Crippen LogP contribution is -2.54. The third-order valence-corrected chi connectivity index (χ3v) is 27.2. The maximum absolute atomic E-state index is 14.8. The molecule has 135 heavy (non-hydrogen) atoms. The molecule has 8 heterocycles. The number of likely N-dealkylation sites (tertiary alicyclic amines) is 2. The highest BCUT2D eigenvalue weighted by Gasteiger charge is 2.35. The average Bonchev–Trinajstić information content (AvgIpc) is 1.78. The summed E-state index contributed by atoms with van der Waals surface area (Å²) in [6, 6.07) is 5.66. The van der Waals surface area contributed by atoms with Gasteiger partial charge in [-0.05, 0) is 278 Å². The molecule has 4 aliphatic rings. The third kappa shape index (κ3) is 34.5. The van der Waals surface area contributed by atoms with Crippen LogP contribution < -0.4 is 48.3 Å². The summed E-state index contributed by atoms with van der Waals surface area (Å²) in [5.41, 5.74) is 3.88. The summed E-state index contributed by atoms with van der Waals surface area (Å²) < 4.78 is 65.3. The fourth-order valence-electron chi connectivity index (χ4n) is 18.0. The highest BCUT2D eigenvalue weighted by atomic mass is 32.2. The number of carboxylic acid groups (broad SMARTS) is 2. The first-order valence-corrected chi connectivity index (χ1v) is 49.4. The van der Waals surface area contributed by atoms with Crippen molar-refractivity contribution < 1.29 is 94.4 Å². The van der Waals surface area contributed by atoms with Crippen molar-refractivity contribution in [3.8, 4) is 0 Å². The number of carboxylic acids is 2. The Hall–Kier alpha value is -10.2. The topological polar surface area (TPSA) is 461 Å². The van der Waals surface area contributed by atoms with Crippen molar-refractivity contribution in [2.45, 2.75) is 325 Å². The minimum atomic E-state index is -1.21. The van der Waals surface area contributed by atoms with E-state index in [0.29, 0.717) is 188 Å². The van der Waals surface area contributed by atoms with E-state index in [4.69, 9.17) is 42.5 Å². The Bertz CT molecular complexity index is 5060. The van der Waals surface area contributed by atoms with Crippen molar-refractivity contribution in [1.29, 1.82) is 0 Å². The van der Waals surface area contributed by atoms with Crippen LogP contribution in [0.1, 0.15) is 302 Å². The van der Waals surface area contributed by atoms with Crippen LogP contribution in [0, 0.1) is 25.5 Å². The molecule has 0 radical (unpaired) electrons. The number of carbonyl (C=O) groups excluding carboxylic acids is 8. The van der Waals surface area contributed by atoms with Crippen molar-refractivity contribution >= 4 is 93.3 Å². The molecule has 0 spiro atoms. The number of nitrogens with zero attached hydrogens (tertiary/aromatic N) is 8. The standard InChI is InChI=1S/C97H141F2N15O20S/c1-63-70(41-57-111-53-37-65(38-54-111)87-72-35-33-68(98)61-77(72)132-109-87)94(127)113-51-19-21-67(89(113)104-63)43-59-130-85(122)31-18-28-82(117)107-76(24-9-14-48-101-80(115)26-17-32-86(123)134-135-79-25-20-52-114-90(79)105-64(2)71(95(114)128)42-58-112-55-39-66(40-56-112)88-73-36-34-69(99)62-78(73)133-110-88)93(126)108-75(92(125)103-50-44-97(5,6)131-60-45-96(3,4)129-7)23-10-15-49-102-91(124)74(106-81(116)27-16-30-84(120)121)22-8-12-46-100-47-13-11-29-83(118)119/h33-36,61-62,65-67,74-76,79,100H,8-32,37-60H2,1-7H3,(H,101,115)(H,102,124)(H,103,125)(H,106,116)(H,107,117)(H,108,126)(H,118,119)(H,120,121). The minimum absolute atomic E-state index is 0.000882. The molecule has 0 aliphatic carbocycles. The first kappa shape index (κ1) is 107. The maximum Gasteiger partial charge on any atom is 0.317 e. The molecule has 5 unspecified atom stereocenters. The number of hydrogen-bond acceptors (Lipinski definition) is 26. The normalized spacial score (nSPS) is 16.4. The fraction of sp³-hybridized carbons (Fsp3) is 0.670. The van der Waals surface area contributed by atoms with Gasteiger partial charge in [0.15, 0.2) is 11.2 Å². The lowest BCUT2D eigenvalue weighted by atomic mass is 9.91. The van der Waals surface area contributed by atoms with Gasteiger partial charge in [-0.3, -0.25) is 66.7 Å². The molecule has 5 atom stereocenters. The van der Waals surface area contributed by atoms with Crippen molar-refractivity contribution in [3.05, 3.63) is 114 Å². The number of esters is 1. The van der Waals surface area contributed by atoms with Crippen molar-refractivity contribution in [2.24, 2.45) is 0 Å². The summed E-state index contributed by atoms with van der Waals surface area (Å²) in [6.45, 7) is 19.1. The maximum atomic E-state index is 14.8. The summed E-state index contributed by atoms with van der Waals surface area (Å²) in [5.74, 6) is -5.36. The zero-order chi connectivity index (χ0) is 97.0. The Balaban J connectivity index is 0.714. The van der Waals surface area contributed by atoms with Gasteiger partial charge >= 0.3 is 23.9 Å². The second-order valence-corrected chi connectivity index (χ2v) is 38.4. The molecule has 4 aliphatic heterocycles. The predicted molar refractivity (Wildman–Crippen MR) is 502 cm³/mol. The van der Waals surface area contributed by atoms with Crippen LogP contribution in [0.4, 0.5) is 8.78 Å². The number of aromatic nitrogens is 6. The Kier molecular flexibility index (Phi) is 42.8. The number of amides is 6. The van der Waals surface area contributed by atoms with Gasteiger partial charge in [-0.25, -0.2) is 18.7 Å². The first-order chi connectivity index (χ1) is 64.8. The van der Waals surface area contributed by atoms with Crippen LogP contribution in [-0.4, -0.2) is 230 Å². The summed E-state index contributed by atoms with van der Waals surface area (Å²) >= 11 is 0.964. The third-order valence-electron chi connectivity index (χ3n) is 26.3. The molecule has 0 bridgehead atoms. The van der Waals surface area contributed by atoms with Gasteiger partial charge in [-0.15, -0.1) is 0 Å². The van der Waals surface area contributed by atoms with Crippen LogP contribution in [0.25, 0.3) is 21.9 Å². The van der Waals surface area contributed by atoms with Crippen LogP contribution in [-0.2, 0) is 92.3 Å². The molecule has 35 nitrogen and oxygen atoms in total. The van der Waals surface area contributed by atoms with E-state index in [9.17, 15) is 71.4 Å². The summed E-state index contributed by atoms with van der Waals surface area (Å²) in [7, 11) is 1.63. The fourth-order valence-corrected chi connectivity index (χ4v) is 18.8. The number of carbonyl (C=O) groups is 10. The summed E-state index contributed by atoms with van der Waals surface area (Å²) in [4.78, 5) is 175. The predicted octanol–water partition coefficient (Wildman–Crippen LogP) is 11.1. The van der Waals surface area contributed by atoms with Crippen LogP contribution in [0.15, 0.2) is 55.0 Å². The van der Waals surface area contributed by atoms with Crippen LogP contribution in [0.3, 0.4) is 0 Å². The number of fused-ring (bicyclic) bond motifs is 4. The lowest BCUT2D eigenvalue weighted by Gasteiger charge is -2.31. The van der Waals surface area contributed by atoms with Gasteiger partial charge in [0.25, 0.3) is 11.1 Å². The molecule has 9 N–H and O–H groups in total. The average molecular weight is 1910 g/mol. The first-order valence-electron chi connectivity index (χ1n) is 48.6. The second kappa shape index (κ2) is 54.1. The van der Waals surface area contributed by atoms with Crippen molar-refractivity contribution in [1.82, 2.24) is 76.4 Å². The number of hydrogen-bond donors (Lipinski definition) is 9. The molecule has 2 fully saturated rings. The molecule has 2 saturated heterocycles. The molecule has 4 aromatic heterocycles. The van der Waals surface area contributed by atoms with Crippen LogP contribution >= 0.6 is 12.0 Å². The lowest BCUT2D eigenvalue weighted by molar-refractivity contribution is -0.144. The van der Waals surface area contributed by atoms with E-state index in [0.717, 1.165) is 98.9 Å². The zero-order valence-electron chi connectivity index (χ0n) is 79.6. The number of halogens is 2. The Morgan fingerprint density at radius 3 is 1.54 bits per heavy atom. The van der Waals surface area contributed by atoms with Gasteiger partial charge in [-0.1, -0.05) is 10.3 Å². The number of benzene rings is 2. The SMILES string of the molecule is COC(C)(C)CCOC(C)(C)CCNC(=O)C(CCCCNC(=O)C(CCCCNCCCCC(=O)O)NC(=O)CCCC(=O)O)NC(=O)C(CCCCNC(=O)CCCC(=O)OSC1CCCn2c1nc(C)c(CCN1CCC(c3noc4cc(F)ccc34)CC1)c2=O)NC(=O)CCCC(=O)OCCC1CCCn2c1nc(C)c(CCN1CCC(c3noc4cc(F)ccc34)CC1)c2=O. The number of rotatable bonds is 59. The Morgan fingerprint density at radius 1 is 0.511 bits per heavy atom. The van der Waals surface area contributed by atoms with Gasteiger partial charge in [0, 0.05) is 161 Å². The van der Waals surface area contributed by atoms with E-state index in [1.165, 1.54) is 24.3 Å². The van der Waals surface area contributed by atoms with E-state index in [2.05, 4.69) is 57.3 Å². The molecule has 38 heteroatoms. The molecule has 0 saturated carbocycles. The molecule has 6 amide bonds. The van der Waals surface area contributed by atoms with E-state index in [1.54, 1.807) is 28.4 Å². The zero-order valence-corrected chi connectivity index (χ0v) is 80.5. The van der Waals surface area contributed by atoms with Crippen LogP contribution in [0.2, 0.25) is 0 Å². The molecular formula is C97H141F2N15O20S. The number of aliphatic carboxylic acids is 2. The number of unbranched alkanes of at least 4 members (excludes halogenated alkanes) is 4. The largest absolute Gasteiger partial charge is 0.481 e. The van der Waals surface area contributed by atoms with E-state index < -0.39 is 82.7 Å². The molecule has 2 aromatic carbocycles. The van der Waals surface area contributed by atoms with Crippen LogP contribution in [0.5, 0.6) is 0 Å². The van der Waals surface area contributed by atoms with E-state index in [1.807, 2.05) is 41.5 Å². The summed E-state index contributed by atoms with van der Waals surface area (Å²) in [6.07, 6.45) is 12.4. The van der Waals surface area contributed by atoms with Gasteiger partial charge in [0.1, 0.15) is 46.7 Å². The Morgan fingerprint density at radius 2 is 0.985 bits per heavy atom. The molecular weight excluding hydrogens is 1770 g/mol. The van der Waals surface area contributed by atoms with E-state index in [-0.39, 0.29) is 161 Å². The molecule has 6 aromatic rings. The summed E-state index contributed by atoms with van der Waals surface area (Å²) in [5, 5.41) is 48.5. The minimum Gasteiger partial charge on any atom is -0.481 e. The smallest absolute Gasteiger partial charge is 0.317 e.